The van der Waals surface area contributed by atoms with Crippen molar-refractivity contribution in [3.63, 3.8) is 0 Å². The van der Waals surface area contributed by atoms with Crippen LogP contribution in [0.1, 0.15) is 194 Å². The summed E-state index contributed by atoms with van der Waals surface area (Å²) in [5.74, 6) is -2.32. The summed E-state index contributed by atoms with van der Waals surface area (Å²) >= 11 is 0. The number of esters is 2. The van der Waals surface area contributed by atoms with E-state index in [1.807, 2.05) is 21.1 Å². The Hall–Kier alpha value is -3.01. The Labute approximate surface area is 374 Å². The van der Waals surface area contributed by atoms with Gasteiger partial charge in [-0.2, -0.15) is 0 Å². The first-order valence-electron chi connectivity index (χ1n) is 24.4. The number of carboxylic acids is 1. The molecular formula is C52H91NO8. The van der Waals surface area contributed by atoms with E-state index in [-0.39, 0.29) is 38.6 Å². The van der Waals surface area contributed by atoms with Crippen LogP contribution < -0.4 is 5.11 Å². The average molecular weight is 858 g/mol. The quantitative estimate of drug-likeness (QED) is 0.0196. The van der Waals surface area contributed by atoms with Crippen LogP contribution in [0.15, 0.2) is 60.8 Å². The molecule has 0 aromatic carbocycles. The van der Waals surface area contributed by atoms with E-state index in [1.54, 1.807) is 0 Å². The van der Waals surface area contributed by atoms with E-state index in [0.717, 1.165) is 77.0 Å². The Bertz CT molecular complexity index is 1180. The van der Waals surface area contributed by atoms with Gasteiger partial charge in [0, 0.05) is 12.8 Å². The van der Waals surface area contributed by atoms with Gasteiger partial charge in [-0.3, -0.25) is 9.59 Å². The number of quaternary nitrogens is 1. The zero-order valence-electron chi connectivity index (χ0n) is 39.8. The van der Waals surface area contributed by atoms with Crippen LogP contribution in [-0.2, 0) is 33.3 Å². The fourth-order valence-electron chi connectivity index (χ4n) is 6.46. The normalized spacial score (nSPS) is 13.4. The highest BCUT2D eigenvalue weighted by atomic mass is 16.7. The molecule has 0 heterocycles. The van der Waals surface area contributed by atoms with Gasteiger partial charge in [-0.05, 0) is 77.0 Å². The molecule has 0 aliphatic heterocycles. The minimum atomic E-state index is -1.63. The molecule has 0 bridgehead atoms. The number of aliphatic carboxylic acids is 1. The standard InChI is InChI=1S/C52H91NO8/c1-6-8-10-12-14-16-18-20-22-23-24-25-26-27-29-30-32-34-36-38-40-42-49(54)59-46-48(47-60-52(51(56)57)58-45-44-53(3,4)5)61-50(55)43-41-39-37-35-33-31-28-21-19-17-15-13-11-9-7-2/h9,11,15,17-18,20-21,23-24,28,48,52H,6-8,10,12-14,16,19,22,25-27,29-47H2,1-5H3/b11-9-,17-15-,20-18-,24-23-,28-21-. The van der Waals surface area contributed by atoms with Crippen molar-refractivity contribution in [3.05, 3.63) is 60.8 Å². The van der Waals surface area contributed by atoms with Gasteiger partial charge in [0.15, 0.2) is 12.4 Å². The van der Waals surface area contributed by atoms with E-state index in [2.05, 4.69) is 74.6 Å². The first-order chi connectivity index (χ1) is 29.6. The Morgan fingerprint density at radius 1 is 0.508 bits per heavy atom. The van der Waals surface area contributed by atoms with Crippen LogP contribution in [0.4, 0.5) is 0 Å². The number of carbonyl (C=O) groups excluding carboxylic acids is 3. The van der Waals surface area contributed by atoms with E-state index in [1.165, 1.54) is 83.5 Å². The molecule has 0 fully saturated rings. The van der Waals surface area contributed by atoms with Gasteiger partial charge >= 0.3 is 11.9 Å². The third-order valence-corrected chi connectivity index (χ3v) is 10.2. The molecule has 0 amide bonds. The fourth-order valence-corrected chi connectivity index (χ4v) is 6.46. The number of ether oxygens (including phenoxy) is 4. The molecule has 9 heteroatoms. The van der Waals surface area contributed by atoms with E-state index in [9.17, 15) is 19.5 Å². The predicted octanol–water partition coefficient (Wildman–Crippen LogP) is 12.0. The summed E-state index contributed by atoms with van der Waals surface area (Å²) in [7, 11) is 5.90. The smallest absolute Gasteiger partial charge is 0.306 e. The van der Waals surface area contributed by atoms with Crippen molar-refractivity contribution in [2.45, 2.75) is 206 Å². The first kappa shape index (κ1) is 58.0. The van der Waals surface area contributed by atoms with Crippen LogP contribution in [0, 0.1) is 0 Å². The van der Waals surface area contributed by atoms with Crippen molar-refractivity contribution in [3.8, 4) is 0 Å². The summed E-state index contributed by atoms with van der Waals surface area (Å²) in [6, 6.07) is 0. The van der Waals surface area contributed by atoms with Gasteiger partial charge in [0.25, 0.3) is 0 Å². The Balaban J connectivity index is 4.38. The number of carboxylic acid groups (broad SMARTS) is 1. The molecule has 0 radical (unpaired) electrons. The van der Waals surface area contributed by atoms with Crippen LogP contribution >= 0.6 is 0 Å². The number of hydrogen-bond donors (Lipinski definition) is 0. The lowest BCUT2D eigenvalue weighted by Crippen LogP contribution is -2.44. The van der Waals surface area contributed by atoms with E-state index < -0.39 is 24.3 Å². The summed E-state index contributed by atoms with van der Waals surface area (Å²) in [5, 5.41) is 11.7. The number of allylic oxidation sites excluding steroid dienone is 10. The van der Waals surface area contributed by atoms with Crippen LogP contribution in [0.5, 0.6) is 0 Å². The first-order valence-corrected chi connectivity index (χ1v) is 24.4. The molecule has 0 aliphatic carbocycles. The lowest BCUT2D eigenvalue weighted by atomic mass is 10.1. The third kappa shape index (κ3) is 44.8. The summed E-state index contributed by atoms with van der Waals surface area (Å²) in [6.45, 7) is 4.59. The molecule has 0 rings (SSSR count). The van der Waals surface area contributed by atoms with E-state index in [4.69, 9.17) is 18.9 Å². The molecule has 352 valence electrons. The lowest BCUT2D eigenvalue weighted by molar-refractivity contribution is -0.870. The zero-order valence-corrected chi connectivity index (χ0v) is 39.8. The fraction of sp³-hybridized carbons (Fsp3) is 0.750. The second-order valence-corrected chi connectivity index (χ2v) is 17.4. The second-order valence-electron chi connectivity index (χ2n) is 17.4. The number of nitrogens with zero attached hydrogens (tertiary/aromatic N) is 1. The lowest BCUT2D eigenvalue weighted by Gasteiger charge is -2.26. The zero-order chi connectivity index (χ0) is 44.9. The summed E-state index contributed by atoms with van der Waals surface area (Å²) in [6.07, 6.45) is 49.6. The van der Waals surface area contributed by atoms with Gasteiger partial charge in [0.05, 0.1) is 40.3 Å². The minimum Gasteiger partial charge on any atom is -0.545 e. The third-order valence-electron chi connectivity index (χ3n) is 10.2. The highest BCUT2D eigenvalue weighted by Crippen LogP contribution is 2.14. The highest BCUT2D eigenvalue weighted by Gasteiger charge is 2.21. The maximum absolute atomic E-state index is 12.8. The van der Waals surface area contributed by atoms with Crippen molar-refractivity contribution in [1.29, 1.82) is 0 Å². The van der Waals surface area contributed by atoms with E-state index in [0.29, 0.717) is 17.4 Å². The van der Waals surface area contributed by atoms with Crippen molar-refractivity contribution in [1.82, 2.24) is 0 Å². The number of hydrogen-bond acceptors (Lipinski definition) is 8. The molecule has 0 aromatic rings. The van der Waals surface area contributed by atoms with Gasteiger partial charge in [-0.15, -0.1) is 0 Å². The summed E-state index contributed by atoms with van der Waals surface area (Å²) in [5.41, 5.74) is 0. The van der Waals surface area contributed by atoms with Crippen molar-refractivity contribution in [2.75, 3.05) is 47.5 Å². The highest BCUT2D eigenvalue weighted by molar-refractivity contribution is 5.70. The van der Waals surface area contributed by atoms with Crippen molar-refractivity contribution >= 4 is 17.9 Å². The number of rotatable bonds is 44. The Morgan fingerprint density at radius 2 is 0.934 bits per heavy atom. The SMILES string of the molecule is CC/C=C\C/C=C\C/C=C\CCCCCCCC(=O)OC(COC(=O)CCCCCCCCCCC/C=C\C/C=C\CCCCCCC)COC(OCC[N+](C)(C)C)C(=O)[O-]. The van der Waals surface area contributed by atoms with Crippen LogP contribution in [0.3, 0.4) is 0 Å². The van der Waals surface area contributed by atoms with Crippen molar-refractivity contribution < 1.29 is 42.9 Å². The van der Waals surface area contributed by atoms with Crippen LogP contribution in [-0.4, -0.2) is 82.3 Å². The predicted molar refractivity (Wildman–Crippen MR) is 251 cm³/mol. The maximum Gasteiger partial charge on any atom is 0.306 e. The average Bonchev–Trinajstić information content (AvgIpc) is 3.22. The molecule has 0 aliphatic rings. The Kier molecular flexibility index (Phi) is 41.5. The Morgan fingerprint density at radius 3 is 1.39 bits per heavy atom. The maximum atomic E-state index is 12.8. The van der Waals surface area contributed by atoms with Gasteiger partial charge in [0.2, 0.25) is 0 Å². The number of likely N-dealkylation sites (N-methyl/N-ethyl adjacent to an activating group) is 1. The molecule has 9 nitrogen and oxygen atoms in total. The molecule has 2 unspecified atom stereocenters. The van der Waals surface area contributed by atoms with Crippen LogP contribution in [0.2, 0.25) is 0 Å². The molecule has 0 spiro atoms. The van der Waals surface area contributed by atoms with Crippen molar-refractivity contribution in [2.24, 2.45) is 0 Å². The van der Waals surface area contributed by atoms with Gasteiger partial charge in [-0.25, -0.2) is 0 Å². The molecule has 0 N–H and O–H groups in total. The summed E-state index contributed by atoms with van der Waals surface area (Å²) < 4.78 is 22.6. The summed E-state index contributed by atoms with van der Waals surface area (Å²) in [4.78, 5) is 37.1. The second kappa shape index (κ2) is 43.6. The molecule has 0 aromatic heterocycles. The molecular weight excluding hydrogens is 767 g/mol. The number of unbranched alkanes of at least 4 members (excludes halogenated alkanes) is 19. The number of carbonyl (C=O) groups is 3. The van der Waals surface area contributed by atoms with Crippen LogP contribution in [0.25, 0.3) is 0 Å². The monoisotopic (exact) mass is 858 g/mol. The van der Waals surface area contributed by atoms with Gasteiger partial charge in [0.1, 0.15) is 13.2 Å². The molecule has 0 saturated carbocycles. The molecule has 61 heavy (non-hydrogen) atoms. The topological polar surface area (TPSA) is 111 Å². The molecule has 2 atom stereocenters. The van der Waals surface area contributed by atoms with Gasteiger partial charge in [-0.1, -0.05) is 164 Å². The van der Waals surface area contributed by atoms with E-state index >= 15 is 0 Å². The van der Waals surface area contributed by atoms with Gasteiger partial charge < -0.3 is 33.3 Å². The minimum absolute atomic E-state index is 0.141. The molecule has 0 saturated heterocycles. The largest absolute Gasteiger partial charge is 0.545 e.